The molecule has 17 heavy (non-hydrogen) atoms. The summed E-state index contributed by atoms with van der Waals surface area (Å²) in [6, 6.07) is 12.9. The second-order valence-electron chi connectivity index (χ2n) is 3.56. The normalized spacial score (nSPS) is 11.5. The lowest BCUT2D eigenvalue weighted by molar-refractivity contribution is 0.608. The summed E-state index contributed by atoms with van der Waals surface area (Å²) in [7, 11) is 0. The molecule has 0 saturated carbocycles. The molecule has 0 saturated heterocycles. The summed E-state index contributed by atoms with van der Waals surface area (Å²) in [5.74, 6) is -0.447. The molecular formula is C13H8Cl3F. The van der Waals surface area contributed by atoms with Crippen LogP contribution in [0.15, 0.2) is 48.5 Å². The Morgan fingerprint density at radius 1 is 0.941 bits per heavy atom. The molecule has 0 bridgehead atoms. The lowest BCUT2D eigenvalue weighted by atomic mass is 10.0. The molecule has 0 aliphatic carbocycles. The van der Waals surface area contributed by atoms with Gasteiger partial charge in [-0.15, -0.1) is 0 Å². The van der Waals surface area contributed by atoms with Crippen molar-refractivity contribution in [2.75, 3.05) is 0 Å². The standard InChI is InChI=1S/C13H8Cl3F/c14-10-5-3-4-9(8-10)13(15,16)11-6-1-2-7-12(11)17/h1-8H. The Kier molecular flexibility index (Phi) is 3.62. The number of alkyl halides is 2. The van der Waals surface area contributed by atoms with Crippen molar-refractivity contribution in [3.8, 4) is 0 Å². The molecule has 88 valence electrons. The second-order valence-corrected chi connectivity index (χ2v) is 5.33. The minimum atomic E-state index is -1.45. The van der Waals surface area contributed by atoms with Gasteiger partial charge in [0, 0.05) is 10.6 Å². The van der Waals surface area contributed by atoms with Crippen molar-refractivity contribution in [1.29, 1.82) is 0 Å². The van der Waals surface area contributed by atoms with E-state index in [1.54, 1.807) is 42.5 Å². The van der Waals surface area contributed by atoms with Crippen LogP contribution in [-0.2, 0) is 4.33 Å². The van der Waals surface area contributed by atoms with Crippen LogP contribution in [-0.4, -0.2) is 0 Å². The fourth-order valence-corrected chi connectivity index (χ4v) is 2.29. The number of rotatable bonds is 2. The van der Waals surface area contributed by atoms with E-state index < -0.39 is 10.2 Å². The molecule has 0 amide bonds. The molecule has 0 aliphatic rings. The molecule has 0 N–H and O–H groups in total. The molecule has 4 heteroatoms. The van der Waals surface area contributed by atoms with Crippen molar-refractivity contribution >= 4 is 34.8 Å². The lowest BCUT2D eigenvalue weighted by Crippen LogP contribution is -2.14. The quantitative estimate of drug-likeness (QED) is 0.670. The summed E-state index contributed by atoms with van der Waals surface area (Å²) < 4.78 is 12.2. The van der Waals surface area contributed by atoms with E-state index in [9.17, 15) is 4.39 Å². The average Bonchev–Trinajstić information content (AvgIpc) is 2.29. The van der Waals surface area contributed by atoms with Gasteiger partial charge in [-0.1, -0.05) is 65.1 Å². The predicted molar refractivity (Wildman–Crippen MR) is 70.3 cm³/mol. The summed E-state index contributed by atoms with van der Waals surface area (Å²) in [6.07, 6.45) is 0. The molecule has 2 aromatic carbocycles. The van der Waals surface area contributed by atoms with Gasteiger partial charge in [-0.05, 0) is 23.8 Å². The van der Waals surface area contributed by atoms with Gasteiger partial charge in [0.1, 0.15) is 5.82 Å². The lowest BCUT2D eigenvalue weighted by Gasteiger charge is -2.21. The Morgan fingerprint density at radius 2 is 1.65 bits per heavy atom. The summed E-state index contributed by atoms with van der Waals surface area (Å²) >= 11 is 18.3. The van der Waals surface area contributed by atoms with Gasteiger partial charge in [0.05, 0.1) is 0 Å². The number of hydrogen-bond acceptors (Lipinski definition) is 0. The third kappa shape index (κ3) is 2.57. The Balaban J connectivity index is 2.53. The van der Waals surface area contributed by atoms with Gasteiger partial charge in [0.25, 0.3) is 0 Å². The Hall–Kier alpha value is -0.760. The van der Waals surface area contributed by atoms with Crippen LogP contribution in [0.3, 0.4) is 0 Å². The molecule has 0 unspecified atom stereocenters. The molecule has 0 atom stereocenters. The highest BCUT2D eigenvalue weighted by molar-refractivity contribution is 6.50. The van der Waals surface area contributed by atoms with Gasteiger partial charge in [-0.25, -0.2) is 4.39 Å². The highest BCUT2D eigenvalue weighted by atomic mass is 35.5. The van der Waals surface area contributed by atoms with E-state index in [4.69, 9.17) is 34.8 Å². The molecule has 2 rings (SSSR count). The first-order valence-electron chi connectivity index (χ1n) is 4.90. The van der Waals surface area contributed by atoms with Crippen molar-refractivity contribution in [2.45, 2.75) is 4.33 Å². The van der Waals surface area contributed by atoms with E-state index in [1.807, 2.05) is 0 Å². The zero-order valence-corrected chi connectivity index (χ0v) is 10.9. The van der Waals surface area contributed by atoms with Gasteiger partial charge in [0.15, 0.2) is 4.33 Å². The van der Waals surface area contributed by atoms with Crippen LogP contribution >= 0.6 is 34.8 Å². The second kappa shape index (κ2) is 4.85. The van der Waals surface area contributed by atoms with Crippen LogP contribution in [0.25, 0.3) is 0 Å². The van der Waals surface area contributed by atoms with Crippen molar-refractivity contribution in [3.05, 3.63) is 70.5 Å². The van der Waals surface area contributed by atoms with Crippen molar-refractivity contribution < 1.29 is 4.39 Å². The van der Waals surface area contributed by atoms with Gasteiger partial charge in [-0.3, -0.25) is 0 Å². The average molecular weight is 290 g/mol. The molecule has 0 aromatic heterocycles. The third-order valence-electron chi connectivity index (χ3n) is 2.40. The Labute approximate surface area is 114 Å². The zero-order chi connectivity index (χ0) is 12.5. The van der Waals surface area contributed by atoms with E-state index in [0.29, 0.717) is 10.6 Å². The minimum absolute atomic E-state index is 0.214. The molecule has 0 nitrogen and oxygen atoms in total. The molecule has 2 aromatic rings. The maximum Gasteiger partial charge on any atom is 0.170 e. The van der Waals surface area contributed by atoms with Crippen LogP contribution < -0.4 is 0 Å². The maximum atomic E-state index is 13.7. The van der Waals surface area contributed by atoms with E-state index in [0.717, 1.165) is 0 Å². The summed E-state index contributed by atoms with van der Waals surface area (Å²) in [5, 5.41) is 0.504. The number of halogens is 4. The highest BCUT2D eigenvalue weighted by Gasteiger charge is 2.31. The van der Waals surface area contributed by atoms with E-state index in [2.05, 4.69) is 0 Å². The Morgan fingerprint density at radius 3 is 2.29 bits per heavy atom. The monoisotopic (exact) mass is 288 g/mol. The van der Waals surface area contributed by atoms with Gasteiger partial charge >= 0.3 is 0 Å². The minimum Gasteiger partial charge on any atom is -0.207 e. The van der Waals surface area contributed by atoms with E-state index in [-0.39, 0.29) is 5.56 Å². The highest BCUT2D eigenvalue weighted by Crippen LogP contribution is 2.42. The zero-order valence-electron chi connectivity index (χ0n) is 8.63. The van der Waals surface area contributed by atoms with Crippen LogP contribution in [0.1, 0.15) is 11.1 Å². The van der Waals surface area contributed by atoms with Crippen molar-refractivity contribution in [3.63, 3.8) is 0 Å². The molecule has 0 spiro atoms. The summed E-state index contributed by atoms with van der Waals surface area (Å²) in [6.45, 7) is 0. The molecule has 0 heterocycles. The predicted octanol–water partition coefficient (Wildman–Crippen LogP) is 5.16. The van der Waals surface area contributed by atoms with Crippen molar-refractivity contribution in [2.24, 2.45) is 0 Å². The van der Waals surface area contributed by atoms with E-state index >= 15 is 0 Å². The van der Waals surface area contributed by atoms with Gasteiger partial charge in [-0.2, -0.15) is 0 Å². The van der Waals surface area contributed by atoms with Crippen molar-refractivity contribution in [1.82, 2.24) is 0 Å². The molecular weight excluding hydrogens is 281 g/mol. The molecule has 0 fully saturated rings. The summed E-state index contributed by atoms with van der Waals surface area (Å²) in [5.41, 5.74) is 0.754. The number of benzene rings is 2. The topological polar surface area (TPSA) is 0 Å². The first kappa shape index (κ1) is 12.7. The largest absolute Gasteiger partial charge is 0.207 e. The van der Waals surface area contributed by atoms with Crippen LogP contribution in [0.4, 0.5) is 4.39 Å². The fraction of sp³-hybridized carbons (Fsp3) is 0.0769. The number of hydrogen-bond donors (Lipinski definition) is 0. The fourth-order valence-electron chi connectivity index (χ4n) is 1.56. The van der Waals surface area contributed by atoms with Crippen LogP contribution in [0.5, 0.6) is 0 Å². The van der Waals surface area contributed by atoms with E-state index in [1.165, 1.54) is 6.07 Å². The third-order valence-corrected chi connectivity index (χ3v) is 3.48. The van der Waals surface area contributed by atoms with Crippen LogP contribution in [0.2, 0.25) is 5.02 Å². The molecule has 0 radical (unpaired) electrons. The maximum absolute atomic E-state index is 13.7. The van der Waals surface area contributed by atoms with Gasteiger partial charge in [0.2, 0.25) is 0 Å². The first-order chi connectivity index (χ1) is 8.01. The Bertz CT molecular complexity index is 538. The SMILES string of the molecule is Fc1ccccc1C(Cl)(Cl)c1cccc(Cl)c1. The summed E-state index contributed by atoms with van der Waals surface area (Å²) in [4.78, 5) is 0. The first-order valence-corrected chi connectivity index (χ1v) is 6.04. The van der Waals surface area contributed by atoms with Gasteiger partial charge < -0.3 is 0 Å². The van der Waals surface area contributed by atoms with Crippen LogP contribution in [0, 0.1) is 5.82 Å². The molecule has 0 aliphatic heterocycles. The smallest absolute Gasteiger partial charge is 0.170 e.